The van der Waals surface area contributed by atoms with Gasteiger partial charge in [0, 0.05) is 0 Å². The molecule has 8 saturated carbocycles. The lowest BCUT2D eigenvalue weighted by atomic mass is 9.49. The van der Waals surface area contributed by atoms with Gasteiger partial charge >= 0.3 is 0 Å². The molecule has 2 N–H and O–H groups in total. The average molecular weight is 434 g/mol. The van der Waals surface area contributed by atoms with E-state index in [4.69, 9.17) is 0 Å². The van der Waals surface area contributed by atoms with Crippen molar-refractivity contribution in [3.63, 3.8) is 0 Å². The minimum Gasteiger partial charge on any atom is -0.310 e. The molecule has 8 aliphatic carbocycles. The summed E-state index contributed by atoms with van der Waals surface area (Å²) in [5, 5.41) is 6.29. The van der Waals surface area contributed by atoms with Gasteiger partial charge in [-0.15, -0.1) is 0 Å². The van der Waals surface area contributed by atoms with E-state index in [2.05, 4.69) is 15.6 Å². The molecule has 8 fully saturated rings. The molecule has 32 heavy (non-hydrogen) atoms. The van der Waals surface area contributed by atoms with Crippen LogP contribution in [0.4, 0.5) is 11.6 Å². The molecule has 5 nitrogen and oxygen atoms in total. The molecule has 0 saturated heterocycles. The number of aromatic nitrogens is 1. The maximum absolute atomic E-state index is 13.4. The Morgan fingerprint density at radius 2 is 0.938 bits per heavy atom. The van der Waals surface area contributed by atoms with Crippen molar-refractivity contribution in [3.05, 3.63) is 18.2 Å². The lowest BCUT2D eigenvalue weighted by Gasteiger charge is -2.55. The van der Waals surface area contributed by atoms with Crippen LogP contribution in [-0.2, 0) is 9.59 Å². The van der Waals surface area contributed by atoms with E-state index in [0.717, 1.165) is 74.0 Å². The second kappa shape index (κ2) is 6.80. The molecule has 9 rings (SSSR count). The zero-order valence-electron chi connectivity index (χ0n) is 18.9. The first-order valence-corrected chi connectivity index (χ1v) is 13.1. The molecule has 0 aromatic carbocycles. The fourth-order valence-electron chi connectivity index (χ4n) is 9.85. The van der Waals surface area contributed by atoms with E-state index in [1.807, 2.05) is 18.2 Å². The van der Waals surface area contributed by atoms with Gasteiger partial charge in [0.15, 0.2) is 0 Å². The van der Waals surface area contributed by atoms with Crippen LogP contribution in [0, 0.1) is 46.3 Å². The molecule has 0 unspecified atom stereocenters. The lowest BCUT2D eigenvalue weighted by Crippen LogP contribution is -2.52. The van der Waals surface area contributed by atoms with Gasteiger partial charge in [0.1, 0.15) is 11.6 Å². The third-order valence-corrected chi connectivity index (χ3v) is 10.3. The molecule has 0 aliphatic heterocycles. The second-order valence-corrected chi connectivity index (χ2v) is 12.7. The van der Waals surface area contributed by atoms with Gasteiger partial charge in [0.05, 0.1) is 10.8 Å². The quantitative estimate of drug-likeness (QED) is 0.669. The standard InChI is InChI=1S/C27H35N3O2/c31-24(26-10-16-4-17(11-26)6-18(5-16)12-26)29-22-2-1-3-23(28-22)30-25(32)27-13-19-7-20(14-27)9-21(8-19)15-27/h1-3,16-21H,4-15H2,(H2,28,29,30,31,32). The first kappa shape index (κ1) is 19.5. The molecular weight excluding hydrogens is 398 g/mol. The lowest BCUT2D eigenvalue weighted by molar-refractivity contribution is -0.140. The molecular formula is C27H35N3O2. The normalized spacial score (nSPS) is 45.1. The third-order valence-electron chi connectivity index (χ3n) is 10.3. The number of nitrogens with zero attached hydrogens (tertiary/aromatic N) is 1. The number of hydrogen-bond acceptors (Lipinski definition) is 3. The van der Waals surface area contributed by atoms with Gasteiger partial charge in [-0.3, -0.25) is 9.59 Å². The first-order chi connectivity index (χ1) is 15.5. The van der Waals surface area contributed by atoms with E-state index in [-0.39, 0.29) is 22.6 Å². The summed E-state index contributed by atoms with van der Waals surface area (Å²) in [5.41, 5.74) is -0.371. The van der Waals surface area contributed by atoms with Crippen molar-refractivity contribution in [1.29, 1.82) is 0 Å². The highest BCUT2D eigenvalue weighted by molar-refractivity contribution is 5.97. The molecule has 8 bridgehead atoms. The largest absolute Gasteiger partial charge is 0.310 e. The van der Waals surface area contributed by atoms with Crippen molar-refractivity contribution in [1.82, 2.24) is 4.98 Å². The number of nitrogens with one attached hydrogen (secondary N) is 2. The zero-order chi connectivity index (χ0) is 21.5. The Labute approximate surface area is 190 Å². The molecule has 0 atom stereocenters. The summed E-state index contributed by atoms with van der Waals surface area (Å²) in [5.74, 6) is 5.93. The summed E-state index contributed by atoms with van der Waals surface area (Å²) in [7, 11) is 0. The smallest absolute Gasteiger partial charge is 0.231 e. The van der Waals surface area contributed by atoms with E-state index in [0.29, 0.717) is 11.6 Å². The fraction of sp³-hybridized carbons (Fsp3) is 0.741. The van der Waals surface area contributed by atoms with Crippen LogP contribution in [0.15, 0.2) is 18.2 Å². The van der Waals surface area contributed by atoms with Crippen molar-refractivity contribution in [2.24, 2.45) is 46.3 Å². The maximum Gasteiger partial charge on any atom is 0.231 e. The number of rotatable bonds is 4. The monoisotopic (exact) mass is 433 g/mol. The Hall–Kier alpha value is -1.91. The van der Waals surface area contributed by atoms with Crippen molar-refractivity contribution >= 4 is 23.5 Å². The van der Waals surface area contributed by atoms with Gasteiger partial charge in [0.25, 0.3) is 0 Å². The Morgan fingerprint density at radius 3 is 1.25 bits per heavy atom. The van der Waals surface area contributed by atoms with E-state index in [9.17, 15) is 9.59 Å². The Kier molecular flexibility index (Phi) is 4.16. The molecule has 1 aromatic heterocycles. The molecule has 2 amide bonds. The number of carbonyl (C=O) groups excluding carboxylic acids is 2. The highest BCUT2D eigenvalue weighted by Crippen LogP contribution is 2.61. The van der Waals surface area contributed by atoms with Gasteiger partial charge in [-0.1, -0.05) is 6.07 Å². The van der Waals surface area contributed by atoms with Crippen molar-refractivity contribution in [3.8, 4) is 0 Å². The third kappa shape index (κ3) is 3.06. The summed E-state index contributed by atoms with van der Waals surface area (Å²) < 4.78 is 0. The number of amides is 2. The van der Waals surface area contributed by atoms with Crippen LogP contribution < -0.4 is 10.6 Å². The van der Waals surface area contributed by atoms with Crippen molar-refractivity contribution < 1.29 is 9.59 Å². The van der Waals surface area contributed by atoms with E-state index < -0.39 is 0 Å². The van der Waals surface area contributed by atoms with Gasteiger partial charge in [-0.25, -0.2) is 4.98 Å². The molecule has 170 valence electrons. The Balaban J connectivity index is 1.06. The van der Waals surface area contributed by atoms with Crippen molar-refractivity contribution in [2.75, 3.05) is 10.6 Å². The number of pyridine rings is 1. The zero-order valence-corrected chi connectivity index (χ0v) is 18.9. The van der Waals surface area contributed by atoms with Gasteiger partial charge in [0.2, 0.25) is 11.8 Å². The average Bonchev–Trinajstić information content (AvgIpc) is 2.72. The molecule has 1 aromatic rings. The summed E-state index contributed by atoms with van der Waals surface area (Å²) in [6.45, 7) is 0. The van der Waals surface area contributed by atoms with Gasteiger partial charge in [-0.05, 0) is 125 Å². The first-order valence-electron chi connectivity index (χ1n) is 13.1. The predicted molar refractivity (Wildman–Crippen MR) is 123 cm³/mol. The molecule has 1 heterocycles. The van der Waals surface area contributed by atoms with Gasteiger partial charge < -0.3 is 10.6 Å². The molecule has 0 spiro atoms. The number of carbonyl (C=O) groups is 2. The van der Waals surface area contributed by atoms with E-state index in [1.165, 1.54) is 38.5 Å². The molecule has 0 radical (unpaired) electrons. The summed E-state index contributed by atoms with van der Waals surface area (Å²) in [4.78, 5) is 31.4. The van der Waals surface area contributed by atoms with E-state index in [1.54, 1.807) is 0 Å². The van der Waals surface area contributed by atoms with Crippen LogP contribution in [-0.4, -0.2) is 16.8 Å². The molecule has 5 heteroatoms. The van der Waals surface area contributed by atoms with Crippen LogP contribution in [0.1, 0.15) is 77.0 Å². The SMILES string of the molecule is O=C(Nc1cccc(NC(=O)C23CC4CC(CC(C4)C2)C3)n1)C12CC3CC(CC(C3)C1)C2. The van der Waals surface area contributed by atoms with Crippen LogP contribution in [0.2, 0.25) is 0 Å². The number of hydrogen-bond donors (Lipinski definition) is 2. The summed E-state index contributed by atoms with van der Waals surface area (Å²) >= 11 is 0. The maximum atomic E-state index is 13.4. The van der Waals surface area contributed by atoms with Crippen molar-refractivity contribution in [2.45, 2.75) is 77.0 Å². The van der Waals surface area contributed by atoms with Crippen LogP contribution in [0.5, 0.6) is 0 Å². The molecule has 8 aliphatic rings. The minimum atomic E-state index is -0.186. The second-order valence-electron chi connectivity index (χ2n) is 12.7. The highest BCUT2D eigenvalue weighted by atomic mass is 16.2. The number of anilines is 2. The fourth-order valence-corrected chi connectivity index (χ4v) is 9.85. The summed E-state index contributed by atoms with van der Waals surface area (Å²) in [6, 6.07) is 5.62. The van der Waals surface area contributed by atoms with Gasteiger partial charge in [-0.2, -0.15) is 0 Å². The van der Waals surface area contributed by atoms with Crippen LogP contribution in [0.3, 0.4) is 0 Å². The Bertz CT molecular complexity index is 826. The predicted octanol–water partition coefficient (Wildman–Crippen LogP) is 5.39. The topological polar surface area (TPSA) is 71.1 Å². The minimum absolute atomic E-state index is 0.161. The van der Waals surface area contributed by atoms with Crippen LogP contribution >= 0.6 is 0 Å². The van der Waals surface area contributed by atoms with Crippen LogP contribution in [0.25, 0.3) is 0 Å². The highest BCUT2D eigenvalue weighted by Gasteiger charge is 2.55. The Morgan fingerprint density at radius 1 is 0.625 bits per heavy atom. The van der Waals surface area contributed by atoms with E-state index >= 15 is 0 Å². The summed E-state index contributed by atoms with van der Waals surface area (Å²) in [6.07, 6.45) is 14.3.